The van der Waals surface area contributed by atoms with Gasteiger partial charge in [-0.1, -0.05) is 0 Å². The van der Waals surface area contributed by atoms with Crippen molar-refractivity contribution in [2.45, 2.75) is 32.2 Å². The van der Waals surface area contributed by atoms with Gasteiger partial charge in [-0.15, -0.1) is 0 Å². The van der Waals surface area contributed by atoms with Gasteiger partial charge in [-0.2, -0.15) is 5.10 Å². The van der Waals surface area contributed by atoms with Gasteiger partial charge in [0.05, 0.1) is 24.1 Å². The van der Waals surface area contributed by atoms with E-state index in [0.29, 0.717) is 11.6 Å². The molecule has 6 heteroatoms. The zero-order valence-electron chi connectivity index (χ0n) is 14.9. The number of amides is 1. The van der Waals surface area contributed by atoms with Crippen LogP contribution in [0.25, 0.3) is 5.69 Å². The maximum atomic E-state index is 11.6. The van der Waals surface area contributed by atoms with Gasteiger partial charge in [0.25, 0.3) is 5.91 Å². The van der Waals surface area contributed by atoms with E-state index in [2.05, 4.69) is 22.2 Å². The lowest BCUT2D eigenvalue weighted by atomic mass is 10.2. The first kappa shape index (κ1) is 17.5. The molecule has 1 unspecified atom stereocenters. The molecule has 1 saturated heterocycles. The Balaban J connectivity index is 1.48. The lowest BCUT2D eigenvalue weighted by molar-refractivity contribution is 0.0963. The second kappa shape index (κ2) is 8.16. The van der Waals surface area contributed by atoms with Crippen molar-refractivity contribution in [2.24, 2.45) is 0 Å². The first-order chi connectivity index (χ1) is 12.2. The Morgan fingerprint density at radius 3 is 2.84 bits per heavy atom. The number of carbonyl (C=O) groups excluding carboxylic acids is 1. The molecule has 0 bridgehead atoms. The fourth-order valence-electron chi connectivity index (χ4n) is 3.20. The van der Waals surface area contributed by atoms with Crippen molar-refractivity contribution in [1.29, 1.82) is 0 Å². The molecule has 1 aromatic heterocycles. The van der Waals surface area contributed by atoms with Crippen LogP contribution in [0.15, 0.2) is 36.7 Å². The van der Waals surface area contributed by atoms with Crippen molar-refractivity contribution in [2.75, 3.05) is 26.7 Å². The second-order valence-corrected chi connectivity index (χ2v) is 6.48. The van der Waals surface area contributed by atoms with E-state index < -0.39 is 0 Å². The summed E-state index contributed by atoms with van der Waals surface area (Å²) in [6.45, 7) is 5.36. The normalized spacial score (nSPS) is 17.6. The van der Waals surface area contributed by atoms with Gasteiger partial charge in [0, 0.05) is 25.8 Å². The summed E-state index contributed by atoms with van der Waals surface area (Å²) in [5.41, 5.74) is 1.44. The summed E-state index contributed by atoms with van der Waals surface area (Å²) < 4.78 is 7.52. The average molecular weight is 342 g/mol. The summed E-state index contributed by atoms with van der Waals surface area (Å²) in [5, 5.41) is 6.81. The van der Waals surface area contributed by atoms with Crippen LogP contribution in [0, 0.1) is 0 Å². The number of rotatable bonds is 7. The summed E-state index contributed by atoms with van der Waals surface area (Å²) in [5.74, 6) is 0.718. The molecule has 134 valence electrons. The highest BCUT2D eigenvalue weighted by Crippen LogP contribution is 2.18. The molecule has 1 aliphatic heterocycles. The Morgan fingerprint density at radius 2 is 2.16 bits per heavy atom. The number of carbonyl (C=O) groups is 1. The van der Waals surface area contributed by atoms with Crippen molar-refractivity contribution in [3.05, 3.63) is 42.2 Å². The lowest BCUT2D eigenvalue weighted by Crippen LogP contribution is -2.28. The van der Waals surface area contributed by atoms with Crippen molar-refractivity contribution in [3.8, 4) is 11.4 Å². The highest BCUT2D eigenvalue weighted by atomic mass is 16.5. The topological polar surface area (TPSA) is 59.4 Å². The number of likely N-dealkylation sites (tertiary alicyclic amines) is 1. The van der Waals surface area contributed by atoms with Crippen molar-refractivity contribution in [3.63, 3.8) is 0 Å². The Morgan fingerprint density at radius 1 is 1.36 bits per heavy atom. The molecule has 2 aromatic rings. The number of benzene rings is 1. The van der Waals surface area contributed by atoms with E-state index in [-0.39, 0.29) is 5.91 Å². The molecule has 1 aliphatic rings. The molecule has 1 aromatic carbocycles. The van der Waals surface area contributed by atoms with Crippen molar-refractivity contribution >= 4 is 5.91 Å². The van der Waals surface area contributed by atoms with Gasteiger partial charge in [0.2, 0.25) is 0 Å². The molecule has 3 rings (SSSR count). The van der Waals surface area contributed by atoms with Crippen LogP contribution in [0.4, 0.5) is 0 Å². The van der Waals surface area contributed by atoms with Crippen LogP contribution >= 0.6 is 0 Å². The molecule has 1 atom stereocenters. The van der Waals surface area contributed by atoms with Crippen LogP contribution in [-0.4, -0.2) is 53.4 Å². The summed E-state index contributed by atoms with van der Waals surface area (Å²) in [6.07, 6.45) is 6.95. The third-order valence-corrected chi connectivity index (χ3v) is 4.72. The van der Waals surface area contributed by atoms with E-state index >= 15 is 0 Å². The summed E-state index contributed by atoms with van der Waals surface area (Å²) in [4.78, 5) is 14.1. The standard InChI is InChI=1S/C19H26N4O2/c1-15-5-3-10-22(15)11-4-12-25-18-8-6-17(7-9-18)23-14-16(13-21-23)19(24)20-2/h6-9,13-15H,3-5,10-12H2,1-2H3,(H,20,24). The van der Waals surface area contributed by atoms with Gasteiger partial charge in [-0.05, 0) is 57.0 Å². The predicted molar refractivity (Wildman–Crippen MR) is 97.3 cm³/mol. The number of nitrogens with one attached hydrogen (secondary N) is 1. The van der Waals surface area contributed by atoms with Gasteiger partial charge in [-0.25, -0.2) is 4.68 Å². The molecule has 25 heavy (non-hydrogen) atoms. The number of aromatic nitrogens is 2. The van der Waals surface area contributed by atoms with E-state index in [1.54, 1.807) is 24.1 Å². The molecule has 1 amide bonds. The molecule has 0 spiro atoms. The van der Waals surface area contributed by atoms with Crippen LogP contribution in [0.3, 0.4) is 0 Å². The van der Waals surface area contributed by atoms with E-state index in [1.165, 1.54) is 19.4 Å². The minimum absolute atomic E-state index is 0.140. The van der Waals surface area contributed by atoms with Gasteiger partial charge in [-0.3, -0.25) is 4.79 Å². The van der Waals surface area contributed by atoms with Crippen LogP contribution in [0.2, 0.25) is 0 Å². The number of ether oxygens (including phenoxy) is 1. The van der Waals surface area contributed by atoms with Crippen molar-refractivity contribution < 1.29 is 9.53 Å². The molecule has 1 N–H and O–H groups in total. The SMILES string of the molecule is CNC(=O)c1cnn(-c2ccc(OCCCN3CCCC3C)cc2)c1. The highest BCUT2D eigenvalue weighted by Gasteiger charge is 2.19. The minimum atomic E-state index is -0.140. The summed E-state index contributed by atoms with van der Waals surface area (Å²) in [6, 6.07) is 8.48. The molecule has 6 nitrogen and oxygen atoms in total. The first-order valence-electron chi connectivity index (χ1n) is 8.91. The molecular formula is C19H26N4O2. The first-order valence-corrected chi connectivity index (χ1v) is 8.91. The van der Waals surface area contributed by atoms with Crippen LogP contribution in [-0.2, 0) is 0 Å². The van der Waals surface area contributed by atoms with E-state index in [4.69, 9.17) is 4.74 Å². The maximum Gasteiger partial charge on any atom is 0.254 e. The second-order valence-electron chi connectivity index (χ2n) is 6.48. The Hall–Kier alpha value is -2.34. The molecule has 0 saturated carbocycles. The molecule has 2 heterocycles. The summed E-state index contributed by atoms with van der Waals surface area (Å²) in [7, 11) is 1.61. The van der Waals surface area contributed by atoms with E-state index in [9.17, 15) is 4.79 Å². The fraction of sp³-hybridized carbons (Fsp3) is 0.474. The van der Waals surface area contributed by atoms with Gasteiger partial charge >= 0.3 is 0 Å². The average Bonchev–Trinajstić information content (AvgIpc) is 3.28. The zero-order valence-corrected chi connectivity index (χ0v) is 14.9. The van der Waals surface area contributed by atoms with E-state index in [0.717, 1.165) is 31.0 Å². The van der Waals surface area contributed by atoms with Gasteiger partial charge < -0.3 is 15.0 Å². The quantitative estimate of drug-likeness (QED) is 0.786. The maximum absolute atomic E-state index is 11.6. The van der Waals surface area contributed by atoms with Crippen molar-refractivity contribution in [1.82, 2.24) is 20.0 Å². The number of hydrogen-bond donors (Lipinski definition) is 1. The summed E-state index contributed by atoms with van der Waals surface area (Å²) >= 11 is 0. The Labute approximate surface area is 148 Å². The lowest BCUT2D eigenvalue weighted by Gasteiger charge is -2.20. The van der Waals surface area contributed by atoms with Gasteiger partial charge in [0.15, 0.2) is 0 Å². The molecule has 0 aliphatic carbocycles. The largest absolute Gasteiger partial charge is 0.494 e. The minimum Gasteiger partial charge on any atom is -0.494 e. The number of nitrogens with zero attached hydrogens (tertiary/aromatic N) is 3. The zero-order chi connectivity index (χ0) is 17.6. The van der Waals surface area contributed by atoms with E-state index in [1.807, 2.05) is 24.3 Å². The fourth-order valence-corrected chi connectivity index (χ4v) is 3.20. The van der Waals surface area contributed by atoms with Crippen LogP contribution in [0.1, 0.15) is 36.5 Å². The van der Waals surface area contributed by atoms with Crippen LogP contribution in [0.5, 0.6) is 5.75 Å². The van der Waals surface area contributed by atoms with Crippen LogP contribution < -0.4 is 10.1 Å². The third-order valence-electron chi connectivity index (χ3n) is 4.72. The molecule has 0 radical (unpaired) electrons. The Bertz CT molecular complexity index is 696. The Kier molecular flexibility index (Phi) is 5.71. The monoisotopic (exact) mass is 342 g/mol. The number of hydrogen-bond acceptors (Lipinski definition) is 4. The van der Waals surface area contributed by atoms with Gasteiger partial charge in [0.1, 0.15) is 5.75 Å². The highest BCUT2D eigenvalue weighted by molar-refractivity contribution is 5.93. The third kappa shape index (κ3) is 4.39. The smallest absolute Gasteiger partial charge is 0.254 e. The molecular weight excluding hydrogens is 316 g/mol. The molecule has 1 fully saturated rings. The predicted octanol–water partition coefficient (Wildman–Crippen LogP) is 2.49.